The van der Waals surface area contributed by atoms with Crippen molar-refractivity contribution in [3.05, 3.63) is 76.3 Å². The van der Waals surface area contributed by atoms with Gasteiger partial charge in [0.15, 0.2) is 11.4 Å². The zero-order valence-corrected chi connectivity index (χ0v) is 15.5. The molecule has 3 rings (SSSR count). The second kappa shape index (κ2) is 7.50. The molecule has 0 radical (unpaired) electrons. The number of benzene rings is 2. The van der Waals surface area contributed by atoms with Crippen LogP contribution in [0, 0.1) is 0 Å². The molecule has 0 aliphatic heterocycles. The van der Waals surface area contributed by atoms with Crippen LogP contribution in [0.4, 0.5) is 0 Å². The van der Waals surface area contributed by atoms with E-state index >= 15 is 0 Å². The van der Waals surface area contributed by atoms with E-state index < -0.39 is 11.4 Å². The van der Waals surface area contributed by atoms with Crippen molar-refractivity contribution in [2.75, 3.05) is 14.1 Å². The number of fused-ring (bicyclic) bond motifs is 1. The van der Waals surface area contributed by atoms with Gasteiger partial charge in [-0.1, -0.05) is 37.3 Å². The highest BCUT2D eigenvalue weighted by Crippen LogP contribution is 2.36. The monoisotopic (exact) mass is 363 g/mol. The van der Waals surface area contributed by atoms with Gasteiger partial charge in [-0.05, 0) is 29.2 Å². The lowest BCUT2D eigenvalue weighted by Gasteiger charge is -2.13. The van der Waals surface area contributed by atoms with Gasteiger partial charge in [-0.3, -0.25) is 4.79 Å². The number of hydrogen-bond acceptors (Lipinski definition) is 5. The lowest BCUT2D eigenvalue weighted by molar-refractivity contribution is 0.104. The van der Waals surface area contributed by atoms with Gasteiger partial charge in [0.2, 0.25) is 0 Å². The molecular formula is C22H21NO4. The summed E-state index contributed by atoms with van der Waals surface area (Å²) in [7, 11) is 3.58. The number of allylic oxidation sites excluding steroid dienone is 1. The lowest BCUT2D eigenvalue weighted by Crippen LogP contribution is -2.07. The second-order valence-electron chi connectivity index (χ2n) is 6.48. The van der Waals surface area contributed by atoms with Gasteiger partial charge in [0.25, 0.3) is 0 Å². The third-order valence-electron chi connectivity index (χ3n) is 4.32. The van der Waals surface area contributed by atoms with Crippen LogP contribution in [0.2, 0.25) is 0 Å². The highest BCUT2D eigenvalue weighted by atomic mass is 16.4. The summed E-state index contributed by atoms with van der Waals surface area (Å²) < 4.78 is 5.38. The number of ketones is 1. The Hall–Kier alpha value is -3.34. The van der Waals surface area contributed by atoms with Crippen LogP contribution in [0.25, 0.3) is 22.1 Å². The topological polar surface area (TPSA) is 70.8 Å². The van der Waals surface area contributed by atoms with Crippen molar-refractivity contribution in [1.82, 2.24) is 4.90 Å². The Balaban J connectivity index is 2.38. The van der Waals surface area contributed by atoms with E-state index in [0.717, 1.165) is 5.56 Å². The van der Waals surface area contributed by atoms with Crippen LogP contribution in [-0.2, 0) is 6.42 Å². The Labute approximate surface area is 157 Å². The van der Waals surface area contributed by atoms with Crippen molar-refractivity contribution in [2.45, 2.75) is 13.3 Å². The fourth-order valence-corrected chi connectivity index (χ4v) is 3.00. The molecule has 1 N–H and O–H groups in total. The first-order valence-corrected chi connectivity index (χ1v) is 8.69. The minimum absolute atomic E-state index is 0.0114. The first-order chi connectivity index (χ1) is 12.9. The molecule has 0 aliphatic carbocycles. The third-order valence-corrected chi connectivity index (χ3v) is 4.32. The number of rotatable bonds is 5. The molecule has 0 aliphatic rings. The minimum atomic E-state index is -0.573. The molecule has 0 spiro atoms. The molecule has 1 aromatic heterocycles. The molecule has 27 heavy (non-hydrogen) atoms. The van der Waals surface area contributed by atoms with Crippen LogP contribution in [0.5, 0.6) is 5.75 Å². The molecule has 0 saturated heterocycles. The van der Waals surface area contributed by atoms with Gasteiger partial charge >= 0.3 is 5.63 Å². The first kappa shape index (κ1) is 18.5. The lowest BCUT2D eigenvalue weighted by atomic mass is 9.94. The predicted octanol–water partition coefficient (Wildman–Crippen LogP) is 3.99. The van der Waals surface area contributed by atoms with Gasteiger partial charge in [0.1, 0.15) is 11.3 Å². The van der Waals surface area contributed by atoms with E-state index in [4.69, 9.17) is 4.42 Å². The van der Waals surface area contributed by atoms with Crippen molar-refractivity contribution >= 4 is 16.8 Å². The van der Waals surface area contributed by atoms with Crippen LogP contribution in [0.1, 0.15) is 22.8 Å². The Kier molecular flexibility index (Phi) is 5.12. The number of phenols is 1. The van der Waals surface area contributed by atoms with Gasteiger partial charge in [0, 0.05) is 37.8 Å². The van der Waals surface area contributed by atoms with Crippen LogP contribution >= 0.6 is 0 Å². The molecule has 0 bridgehead atoms. The number of carbonyl (C=O) groups excluding carboxylic acids is 1. The summed E-state index contributed by atoms with van der Waals surface area (Å²) in [6.07, 6.45) is 3.47. The molecule has 0 unspecified atom stereocenters. The van der Waals surface area contributed by atoms with Crippen molar-refractivity contribution in [3.63, 3.8) is 0 Å². The van der Waals surface area contributed by atoms with E-state index in [1.165, 1.54) is 12.1 Å². The fraction of sp³-hybridized carbons (Fsp3) is 0.182. The summed E-state index contributed by atoms with van der Waals surface area (Å²) >= 11 is 0. The summed E-state index contributed by atoms with van der Waals surface area (Å²) in [6.45, 7) is 1.89. The number of hydrogen-bond donors (Lipinski definition) is 1. The summed E-state index contributed by atoms with van der Waals surface area (Å²) in [5.41, 5.74) is 1.67. The molecule has 2 aromatic carbocycles. The van der Waals surface area contributed by atoms with Crippen molar-refractivity contribution in [1.29, 1.82) is 0 Å². The number of aryl methyl sites for hydroxylation is 1. The summed E-state index contributed by atoms with van der Waals surface area (Å²) in [5, 5.41) is 11.3. The van der Waals surface area contributed by atoms with Gasteiger partial charge in [-0.25, -0.2) is 4.79 Å². The van der Waals surface area contributed by atoms with Crippen LogP contribution in [0.3, 0.4) is 0 Å². The summed E-state index contributed by atoms with van der Waals surface area (Å²) in [5.74, 6) is -0.568. The van der Waals surface area contributed by atoms with Crippen molar-refractivity contribution in [2.24, 2.45) is 0 Å². The van der Waals surface area contributed by atoms with Crippen molar-refractivity contribution < 1.29 is 14.3 Å². The number of aromatic hydroxyl groups is 1. The SMILES string of the molecule is CCc1cc2c(-c3ccccc3)cc(=O)oc2c(C(=O)/C=C/N(C)C)c1O. The van der Waals surface area contributed by atoms with E-state index in [9.17, 15) is 14.7 Å². The predicted molar refractivity (Wildman–Crippen MR) is 106 cm³/mol. The molecule has 0 atom stereocenters. The standard InChI is InChI=1S/C22H21NO4/c1-4-14-12-17-16(15-8-6-5-7-9-15)13-19(25)27-22(17)20(21(14)26)18(24)10-11-23(2)3/h5-13,26H,4H2,1-3H3/b11-10+. The summed E-state index contributed by atoms with van der Waals surface area (Å²) in [4.78, 5) is 26.7. The number of carbonyl (C=O) groups is 1. The molecular weight excluding hydrogens is 342 g/mol. The average Bonchev–Trinajstić information content (AvgIpc) is 2.65. The Morgan fingerprint density at radius 3 is 2.52 bits per heavy atom. The largest absolute Gasteiger partial charge is 0.507 e. The average molecular weight is 363 g/mol. The highest BCUT2D eigenvalue weighted by molar-refractivity contribution is 6.15. The Morgan fingerprint density at radius 2 is 1.89 bits per heavy atom. The molecule has 3 aromatic rings. The smallest absolute Gasteiger partial charge is 0.336 e. The first-order valence-electron chi connectivity index (χ1n) is 8.69. The van der Waals surface area contributed by atoms with Gasteiger partial charge in [0.05, 0.1) is 0 Å². The maximum atomic E-state index is 12.8. The molecule has 0 fully saturated rings. The van der Waals surface area contributed by atoms with E-state index in [-0.39, 0.29) is 16.9 Å². The maximum Gasteiger partial charge on any atom is 0.336 e. The molecule has 5 nitrogen and oxygen atoms in total. The zero-order valence-electron chi connectivity index (χ0n) is 15.5. The summed E-state index contributed by atoms with van der Waals surface area (Å²) in [6, 6.07) is 12.6. The zero-order chi connectivity index (χ0) is 19.6. The van der Waals surface area contributed by atoms with E-state index in [0.29, 0.717) is 22.9 Å². The minimum Gasteiger partial charge on any atom is -0.507 e. The van der Waals surface area contributed by atoms with Crippen LogP contribution in [0.15, 0.2) is 64.0 Å². The molecule has 0 amide bonds. The van der Waals surface area contributed by atoms with E-state index in [2.05, 4.69) is 0 Å². The molecule has 5 heteroatoms. The normalized spacial score (nSPS) is 11.2. The highest BCUT2D eigenvalue weighted by Gasteiger charge is 2.21. The second-order valence-corrected chi connectivity index (χ2v) is 6.48. The quantitative estimate of drug-likeness (QED) is 0.422. The van der Waals surface area contributed by atoms with E-state index in [1.54, 1.807) is 31.3 Å². The molecule has 138 valence electrons. The van der Waals surface area contributed by atoms with Gasteiger partial charge in [-0.2, -0.15) is 0 Å². The Bertz CT molecular complexity index is 1080. The van der Waals surface area contributed by atoms with Crippen LogP contribution < -0.4 is 5.63 Å². The number of phenolic OH excluding ortho intramolecular Hbond substituents is 1. The van der Waals surface area contributed by atoms with E-state index in [1.807, 2.05) is 37.3 Å². The fourth-order valence-electron chi connectivity index (χ4n) is 3.00. The third kappa shape index (κ3) is 3.62. The van der Waals surface area contributed by atoms with Crippen molar-refractivity contribution in [3.8, 4) is 16.9 Å². The number of nitrogens with zero attached hydrogens (tertiary/aromatic N) is 1. The maximum absolute atomic E-state index is 12.8. The van der Waals surface area contributed by atoms with Gasteiger partial charge < -0.3 is 14.4 Å². The molecule has 1 heterocycles. The molecule has 0 saturated carbocycles. The Morgan fingerprint density at radius 1 is 1.19 bits per heavy atom. The van der Waals surface area contributed by atoms with Gasteiger partial charge in [-0.15, -0.1) is 0 Å². The van der Waals surface area contributed by atoms with Crippen LogP contribution in [-0.4, -0.2) is 29.9 Å².